The number of benzene rings is 1. The zero-order valence-corrected chi connectivity index (χ0v) is 14.9. The first-order chi connectivity index (χ1) is 12.7. The van der Waals surface area contributed by atoms with E-state index < -0.39 is 0 Å². The maximum absolute atomic E-state index is 9.10. The van der Waals surface area contributed by atoms with Crippen LogP contribution in [-0.2, 0) is 13.2 Å². The summed E-state index contributed by atoms with van der Waals surface area (Å²) < 4.78 is 13.0. The average molecular weight is 354 g/mol. The van der Waals surface area contributed by atoms with Gasteiger partial charge >= 0.3 is 0 Å². The molecule has 0 fully saturated rings. The SMILES string of the molecule is CCOc1cccc(-c2cc(Cn3cnc(CO)n3)cnc2OCC)c1. The summed E-state index contributed by atoms with van der Waals surface area (Å²) in [6.07, 6.45) is 3.36. The Balaban J connectivity index is 1.94. The second-order valence-electron chi connectivity index (χ2n) is 5.61. The van der Waals surface area contributed by atoms with E-state index in [1.54, 1.807) is 17.2 Å². The van der Waals surface area contributed by atoms with E-state index in [4.69, 9.17) is 14.6 Å². The van der Waals surface area contributed by atoms with Crippen LogP contribution in [0.3, 0.4) is 0 Å². The Hall–Kier alpha value is -2.93. The number of hydrogen-bond donors (Lipinski definition) is 1. The monoisotopic (exact) mass is 354 g/mol. The summed E-state index contributed by atoms with van der Waals surface area (Å²) in [6.45, 7) is 5.36. The van der Waals surface area contributed by atoms with Gasteiger partial charge in [-0.25, -0.2) is 14.6 Å². The van der Waals surface area contributed by atoms with Crippen LogP contribution in [0.1, 0.15) is 25.2 Å². The van der Waals surface area contributed by atoms with Gasteiger partial charge in [-0.15, -0.1) is 0 Å². The highest BCUT2D eigenvalue weighted by molar-refractivity contribution is 5.70. The zero-order chi connectivity index (χ0) is 18.4. The Kier molecular flexibility index (Phi) is 5.80. The van der Waals surface area contributed by atoms with Crippen molar-refractivity contribution in [3.8, 4) is 22.8 Å². The van der Waals surface area contributed by atoms with Gasteiger partial charge in [0.2, 0.25) is 5.88 Å². The number of nitrogens with zero attached hydrogens (tertiary/aromatic N) is 4. The van der Waals surface area contributed by atoms with Crippen molar-refractivity contribution < 1.29 is 14.6 Å². The third-order valence-electron chi connectivity index (χ3n) is 3.71. The van der Waals surface area contributed by atoms with Crippen molar-refractivity contribution in [1.29, 1.82) is 0 Å². The summed E-state index contributed by atoms with van der Waals surface area (Å²) in [5.74, 6) is 1.79. The number of hydrogen-bond acceptors (Lipinski definition) is 6. The first kappa shape index (κ1) is 17.9. The Bertz CT molecular complexity index is 863. The van der Waals surface area contributed by atoms with Gasteiger partial charge in [0, 0.05) is 11.8 Å². The van der Waals surface area contributed by atoms with Crippen LogP contribution in [-0.4, -0.2) is 38.1 Å². The van der Waals surface area contributed by atoms with E-state index in [1.165, 1.54) is 0 Å². The molecule has 7 heteroatoms. The molecule has 0 bridgehead atoms. The molecule has 3 rings (SSSR count). The number of pyridine rings is 1. The molecule has 1 N–H and O–H groups in total. The summed E-state index contributed by atoms with van der Waals surface area (Å²) in [7, 11) is 0. The highest BCUT2D eigenvalue weighted by Gasteiger charge is 2.11. The molecule has 0 aliphatic carbocycles. The normalized spacial score (nSPS) is 10.7. The standard InChI is InChI=1S/C19H22N4O3/c1-3-25-16-7-5-6-15(9-16)17-8-14(10-20-19(17)26-4-2)11-23-13-21-18(12-24)22-23/h5-10,13,24H,3-4,11-12H2,1-2H3. The van der Waals surface area contributed by atoms with Gasteiger partial charge in [-0.1, -0.05) is 12.1 Å². The van der Waals surface area contributed by atoms with Crippen molar-refractivity contribution in [3.63, 3.8) is 0 Å². The van der Waals surface area contributed by atoms with Crippen molar-refractivity contribution in [3.05, 3.63) is 54.2 Å². The first-order valence-corrected chi connectivity index (χ1v) is 8.57. The zero-order valence-electron chi connectivity index (χ0n) is 14.9. The molecule has 0 saturated carbocycles. The fourth-order valence-electron chi connectivity index (χ4n) is 2.63. The highest BCUT2D eigenvalue weighted by atomic mass is 16.5. The minimum Gasteiger partial charge on any atom is -0.494 e. The van der Waals surface area contributed by atoms with E-state index in [9.17, 15) is 0 Å². The van der Waals surface area contributed by atoms with Crippen molar-refractivity contribution in [2.24, 2.45) is 0 Å². The van der Waals surface area contributed by atoms with Gasteiger partial charge in [-0.3, -0.25) is 0 Å². The number of ether oxygens (including phenoxy) is 2. The topological polar surface area (TPSA) is 82.3 Å². The molecule has 0 atom stereocenters. The molecule has 2 aromatic heterocycles. The van der Waals surface area contributed by atoms with Crippen LogP contribution < -0.4 is 9.47 Å². The summed E-state index contributed by atoms with van der Waals surface area (Å²) in [5.41, 5.74) is 2.83. The molecular formula is C19H22N4O3. The van der Waals surface area contributed by atoms with E-state index in [1.807, 2.05) is 44.2 Å². The lowest BCUT2D eigenvalue weighted by molar-refractivity contribution is 0.271. The Morgan fingerprint density at radius 3 is 2.65 bits per heavy atom. The number of aliphatic hydroxyl groups is 1. The van der Waals surface area contributed by atoms with Gasteiger partial charge in [0.05, 0.1) is 19.8 Å². The minimum absolute atomic E-state index is 0.177. The number of aromatic nitrogens is 4. The van der Waals surface area contributed by atoms with Crippen molar-refractivity contribution in [1.82, 2.24) is 19.7 Å². The molecule has 136 valence electrons. The molecule has 0 aliphatic heterocycles. The number of aliphatic hydroxyl groups excluding tert-OH is 1. The molecule has 0 amide bonds. The molecular weight excluding hydrogens is 332 g/mol. The van der Waals surface area contributed by atoms with Crippen LogP contribution in [0.15, 0.2) is 42.9 Å². The smallest absolute Gasteiger partial charge is 0.221 e. The van der Waals surface area contributed by atoms with Crippen LogP contribution in [0.2, 0.25) is 0 Å². The molecule has 2 heterocycles. The summed E-state index contributed by atoms with van der Waals surface area (Å²) in [5, 5.41) is 13.3. The van der Waals surface area contributed by atoms with E-state index in [0.29, 0.717) is 31.5 Å². The van der Waals surface area contributed by atoms with Crippen LogP contribution in [0.5, 0.6) is 11.6 Å². The van der Waals surface area contributed by atoms with E-state index in [-0.39, 0.29) is 6.61 Å². The Morgan fingerprint density at radius 1 is 1.08 bits per heavy atom. The fraction of sp³-hybridized carbons (Fsp3) is 0.316. The van der Waals surface area contributed by atoms with Crippen molar-refractivity contribution in [2.75, 3.05) is 13.2 Å². The fourth-order valence-corrected chi connectivity index (χ4v) is 2.63. The molecule has 1 aromatic carbocycles. The van der Waals surface area contributed by atoms with Gasteiger partial charge in [0.1, 0.15) is 18.7 Å². The molecule has 26 heavy (non-hydrogen) atoms. The van der Waals surface area contributed by atoms with E-state index in [2.05, 4.69) is 15.1 Å². The average Bonchev–Trinajstić information content (AvgIpc) is 3.11. The Labute approximate surface area is 152 Å². The largest absolute Gasteiger partial charge is 0.494 e. The third kappa shape index (κ3) is 4.18. The minimum atomic E-state index is -0.177. The maximum atomic E-state index is 9.10. The summed E-state index contributed by atoms with van der Waals surface area (Å²) in [6, 6.07) is 9.89. The second-order valence-corrected chi connectivity index (χ2v) is 5.61. The van der Waals surface area contributed by atoms with Crippen molar-refractivity contribution >= 4 is 0 Å². The van der Waals surface area contributed by atoms with Crippen LogP contribution in [0.4, 0.5) is 0 Å². The lowest BCUT2D eigenvalue weighted by Crippen LogP contribution is -2.04. The van der Waals surface area contributed by atoms with E-state index in [0.717, 1.165) is 22.4 Å². The molecule has 0 saturated heterocycles. The van der Waals surface area contributed by atoms with Crippen LogP contribution in [0.25, 0.3) is 11.1 Å². The lowest BCUT2D eigenvalue weighted by Gasteiger charge is -2.12. The second kappa shape index (κ2) is 8.44. The first-order valence-electron chi connectivity index (χ1n) is 8.57. The summed E-state index contributed by atoms with van der Waals surface area (Å²) in [4.78, 5) is 8.50. The summed E-state index contributed by atoms with van der Waals surface area (Å²) >= 11 is 0. The van der Waals surface area contributed by atoms with Gasteiger partial charge in [-0.05, 0) is 43.2 Å². The van der Waals surface area contributed by atoms with E-state index >= 15 is 0 Å². The van der Waals surface area contributed by atoms with Gasteiger partial charge < -0.3 is 14.6 Å². The lowest BCUT2D eigenvalue weighted by atomic mass is 10.0. The molecule has 3 aromatic rings. The molecule has 0 aliphatic rings. The highest BCUT2D eigenvalue weighted by Crippen LogP contribution is 2.31. The predicted octanol–water partition coefficient (Wildman–Crippen LogP) is 2.68. The molecule has 0 spiro atoms. The Morgan fingerprint density at radius 2 is 1.92 bits per heavy atom. The third-order valence-corrected chi connectivity index (χ3v) is 3.71. The predicted molar refractivity (Wildman–Crippen MR) is 97.1 cm³/mol. The quantitative estimate of drug-likeness (QED) is 0.670. The van der Waals surface area contributed by atoms with Gasteiger partial charge in [0.25, 0.3) is 0 Å². The van der Waals surface area contributed by atoms with Crippen LogP contribution >= 0.6 is 0 Å². The molecule has 0 unspecified atom stereocenters. The maximum Gasteiger partial charge on any atom is 0.221 e. The van der Waals surface area contributed by atoms with Gasteiger partial charge in [-0.2, -0.15) is 5.10 Å². The molecule has 0 radical (unpaired) electrons. The van der Waals surface area contributed by atoms with Crippen LogP contribution in [0, 0.1) is 0 Å². The number of rotatable bonds is 8. The van der Waals surface area contributed by atoms with Gasteiger partial charge in [0.15, 0.2) is 5.82 Å². The van der Waals surface area contributed by atoms with Crippen molar-refractivity contribution in [2.45, 2.75) is 27.0 Å². The molecule has 7 nitrogen and oxygen atoms in total.